The highest BCUT2D eigenvalue weighted by Crippen LogP contribution is 2.40. The van der Waals surface area contributed by atoms with Gasteiger partial charge in [0.15, 0.2) is 0 Å². The number of benzene rings is 2. The number of nitrogens with one attached hydrogen (secondary N) is 4. The lowest BCUT2D eigenvalue weighted by molar-refractivity contribution is -0.135. The summed E-state index contributed by atoms with van der Waals surface area (Å²) in [6, 6.07) is 11.0. The smallest absolute Gasteiger partial charge is 0.407 e. The van der Waals surface area contributed by atoms with Crippen LogP contribution in [0.2, 0.25) is 0 Å². The first kappa shape index (κ1) is 37.7. The number of carboxylic acid groups (broad SMARTS) is 1. The van der Waals surface area contributed by atoms with Gasteiger partial charge in [0.25, 0.3) is 0 Å². The third-order valence-corrected chi connectivity index (χ3v) is 11.6. The summed E-state index contributed by atoms with van der Waals surface area (Å²) in [6.07, 6.45) is 8.71. The van der Waals surface area contributed by atoms with Gasteiger partial charge >= 0.3 is 18.2 Å². The van der Waals surface area contributed by atoms with Crippen LogP contribution in [0.4, 0.5) is 9.59 Å². The first-order valence-electron chi connectivity index (χ1n) is 19.5. The molecule has 4 atom stereocenters. The molecule has 4 amide bonds. The third kappa shape index (κ3) is 7.80. The van der Waals surface area contributed by atoms with E-state index in [0.29, 0.717) is 48.0 Å². The molecule has 0 bridgehead atoms. The topological polar surface area (TPSA) is 212 Å². The zero-order valence-corrected chi connectivity index (χ0v) is 31.8. The summed E-state index contributed by atoms with van der Waals surface area (Å²) in [4.78, 5) is 83.3. The minimum atomic E-state index is -1.08. The molecule has 2 aliphatic carbocycles. The van der Waals surface area contributed by atoms with Crippen molar-refractivity contribution in [2.24, 2.45) is 11.8 Å². The maximum atomic E-state index is 13.6. The zero-order chi connectivity index (χ0) is 39.8. The van der Waals surface area contributed by atoms with E-state index in [0.717, 1.165) is 61.8 Å². The second-order valence-electron chi connectivity index (χ2n) is 15.3. The molecule has 0 spiro atoms. The van der Waals surface area contributed by atoms with E-state index in [1.165, 1.54) is 14.2 Å². The fourth-order valence-corrected chi connectivity index (χ4v) is 8.26. The van der Waals surface area contributed by atoms with Gasteiger partial charge in [-0.05, 0) is 86.0 Å². The predicted molar refractivity (Wildman–Crippen MR) is 205 cm³/mol. The van der Waals surface area contributed by atoms with Gasteiger partial charge in [0.2, 0.25) is 11.8 Å². The summed E-state index contributed by atoms with van der Waals surface area (Å²) < 4.78 is 9.53. The maximum absolute atomic E-state index is 13.6. The van der Waals surface area contributed by atoms with Crippen molar-refractivity contribution in [2.75, 3.05) is 27.3 Å². The summed E-state index contributed by atoms with van der Waals surface area (Å²) >= 11 is 0. The van der Waals surface area contributed by atoms with E-state index in [4.69, 9.17) is 9.47 Å². The summed E-state index contributed by atoms with van der Waals surface area (Å²) in [5.74, 6) is 0.115. The molecule has 2 aromatic carbocycles. The Labute approximate surface area is 328 Å². The van der Waals surface area contributed by atoms with Gasteiger partial charge in [-0.3, -0.25) is 9.59 Å². The number of hydrogen-bond acceptors (Lipinski definition) is 9. The molecule has 57 heavy (non-hydrogen) atoms. The van der Waals surface area contributed by atoms with Crippen molar-refractivity contribution < 1.29 is 38.6 Å². The van der Waals surface area contributed by atoms with Gasteiger partial charge in [-0.25, -0.2) is 24.4 Å². The van der Waals surface area contributed by atoms with Crippen molar-refractivity contribution in [2.45, 2.75) is 75.5 Å². The second kappa shape index (κ2) is 15.7. The minimum Gasteiger partial charge on any atom is -0.478 e. The van der Waals surface area contributed by atoms with E-state index in [1.807, 2.05) is 30.3 Å². The van der Waals surface area contributed by atoms with Crippen LogP contribution < -0.4 is 10.6 Å². The predicted octanol–water partition coefficient (Wildman–Crippen LogP) is 5.43. The number of H-pyrrole nitrogens is 2. The van der Waals surface area contributed by atoms with E-state index >= 15 is 0 Å². The van der Waals surface area contributed by atoms with Gasteiger partial charge in [-0.1, -0.05) is 36.4 Å². The molecule has 298 valence electrons. The van der Waals surface area contributed by atoms with Crippen molar-refractivity contribution in [1.29, 1.82) is 0 Å². The molecule has 8 rings (SSSR count). The van der Waals surface area contributed by atoms with E-state index in [9.17, 15) is 29.1 Å². The van der Waals surface area contributed by atoms with E-state index in [-0.39, 0.29) is 41.3 Å². The number of carbonyl (C=O) groups excluding carboxylic acids is 4. The number of likely N-dealkylation sites (tertiary alicyclic amines) is 2. The molecule has 5 N–H and O–H groups in total. The lowest BCUT2D eigenvalue weighted by Gasteiger charge is -2.28. The van der Waals surface area contributed by atoms with Crippen LogP contribution in [0.15, 0.2) is 54.9 Å². The summed E-state index contributed by atoms with van der Waals surface area (Å²) in [6.45, 7) is 1.12. The number of imidazole rings is 2. The molecule has 16 heteroatoms. The Kier molecular flexibility index (Phi) is 10.4. The fraction of sp³-hybridized carbons (Fsp3) is 0.439. The average molecular weight is 779 g/mol. The summed E-state index contributed by atoms with van der Waals surface area (Å²) in [5, 5.41) is 15.7. The average Bonchev–Trinajstić information content (AvgIpc) is 3.95. The molecule has 16 nitrogen and oxygen atoms in total. The fourth-order valence-electron chi connectivity index (χ4n) is 8.26. The number of nitrogens with zero attached hydrogens (tertiary/aromatic N) is 4. The zero-order valence-electron chi connectivity index (χ0n) is 31.8. The van der Waals surface area contributed by atoms with E-state index < -0.39 is 30.2 Å². The third-order valence-electron chi connectivity index (χ3n) is 11.6. The molecular weight excluding hydrogens is 732 g/mol. The number of alkyl carbamates (subject to hydrolysis) is 2. The van der Waals surface area contributed by atoms with Crippen LogP contribution in [0.25, 0.3) is 33.6 Å². The SMILES string of the molecule is COC(=O)N[C@@H](C(=O)N1CCC[C@H]1c1ncc(-c2ccc(-c3ccc(-c4cnc([C@@H]5CCCN5C(=O)[C@H](NC(=O)OC)C5CC5)[nH]4)cc3C(=O)O)cc2)[nH]1)C1CC1. The molecule has 2 saturated carbocycles. The number of hydrogen-bond donors (Lipinski definition) is 5. The van der Waals surface area contributed by atoms with Crippen LogP contribution in [0, 0.1) is 11.8 Å². The molecule has 0 radical (unpaired) electrons. The number of rotatable bonds is 12. The van der Waals surface area contributed by atoms with Crippen molar-refractivity contribution in [1.82, 2.24) is 40.4 Å². The molecule has 4 heterocycles. The first-order chi connectivity index (χ1) is 27.6. The Morgan fingerprint density at radius 2 is 1.14 bits per heavy atom. The summed E-state index contributed by atoms with van der Waals surface area (Å²) in [7, 11) is 2.57. The maximum Gasteiger partial charge on any atom is 0.407 e. The van der Waals surface area contributed by atoms with Crippen LogP contribution in [-0.4, -0.2) is 104 Å². The number of ether oxygens (including phenoxy) is 2. The van der Waals surface area contributed by atoms with Crippen LogP contribution >= 0.6 is 0 Å². The van der Waals surface area contributed by atoms with Gasteiger partial charge < -0.3 is 45.0 Å². The largest absolute Gasteiger partial charge is 0.478 e. The standard InChI is InChI=1S/C41H46N8O8/c1-56-40(54)46-33(24-11-12-24)37(50)48-17-3-5-31(48)35-42-20-29(44-35)23-9-7-22(8-10-23)27-16-15-26(19-28(27)39(52)53)30-21-43-36(45-30)32-6-4-18-49(32)38(51)34(25-13-14-25)47-41(55)57-2/h7-10,15-16,19-21,24-25,31-34H,3-6,11-14,17-18H2,1-2H3,(H,42,44)(H,43,45)(H,46,54)(H,47,55)(H,52,53)/t31-,32-,33+,34+/m0/s1. The van der Waals surface area contributed by atoms with Gasteiger partial charge in [-0.15, -0.1) is 0 Å². The van der Waals surface area contributed by atoms with Gasteiger partial charge in [0.1, 0.15) is 23.7 Å². The lowest BCUT2D eigenvalue weighted by Crippen LogP contribution is -2.49. The molecule has 2 aliphatic heterocycles. The van der Waals surface area contributed by atoms with E-state index in [2.05, 4.69) is 30.6 Å². The van der Waals surface area contributed by atoms with Crippen LogP contribution in [0.5, 0.6) is 0 Å². The van der Waals surface area contributed by atoms with Crippen molar-refractivity contribution >= 4 is 30.0 Å². The molecule has 4 aromatic rings. The first-order valence-corrected chi connectivity index (χ1v) is 19.5. The highest BCUT2D eigenvalue weighted by molar-refractivity contribution is 5.97. The van der Waals surface area contributed by atoms with Gasteiger partial charge in [0.05, 0.1) is 55.6 Å². The molecule has 2 saturated heterocycles. The van der Waals surface area contributed by atoms with Crippen molar-refractivity contribution in [3.05, 3.63) is 72.1 Å². The molecular formula is C41H46N8O8. The highest BCUT2D eigenvalue weighted by Gasteiger charge is 2.44. The normalized spacial score (nSPS) is 20.2. The number of aromatic carboxylic acids is 1. The van der Waals surface area contributed by atoms with Crippen LogP contribution in [0.1, 0.15) is 85.5 Å². The number of amides is 4. The second-order valence-corrected chi connectivity index (χ2v) is 15.3. The molecule has 0 unspecified atom stereocenters. The number of aromatic nitrogens is 4. The highest BCUT2D eigenvalue weighted by atomic mass is 16.5. The summed E-state index contributed by atoms with van der Waals surface area (Å²) in [5.41, 5.74) is 4.26. The number of carbonyl (C=O) groups is 5. The van der Waals surface area contributed by atoms with Crippen LogP contribution in [0.3, 0.4) is 0 Å². The molecule has 2 aromatic heterocycles. The Balaban J connectivity index is 0.965. The van der Waals surface area contributed by atoms with Crippen LogP contribution in [-0.2, 0) is 19.1 Å². The van der Waals surface area contributed by atoms with E-state index in [1.54, 1.807) is 34.3 Å². The number of methoxy groups -OCH3 is 2. The van der Waals surface area contributed by atoms with Crippen molar-refractivity contribution in [3.63, 3.8) is 0 Å². The quantitative estimate of drug-likeness (QED) is 0.123. The Hall–Kier alpha value is -6.19. The van der Waals surface area contributed by atoms with Crippen molar-refractivity contribution in [3.8, 4) is 33.6 Å². The lowest BCUT2D eigenvalue weighted by atomic mass is 9.95. The Morgan fingerprint density at radius 3 is 1.60 bits per heavy atom. The monoisotopic (exact) mass is 778 g/mol. The number of aromatic amines is 2. The molecule has 4 aliphatic rings. The Bertz CT molecular complexity index is 2170. The van der Waals surface area contributed by atoms with Gasteiger partial charge in [0, 0.05) is 18.7 Å². The minimum absolute atomic E-state index is 0.0868. The molecule has 4 fully saturated rings. The van der Waals surface area contributed by atoms with Gasteiger partial charge in [-0.2, -0.15) is 0 Å². The Morgan fingerprint density at radius 1 is 0.684 bits per heavy atom. The number of carboxylic acids is 1.